The normalized spacial score (nSPS) is 12.8. The summed E-state index contributed by atoms with van der Waals surface area (Å²) in [5.74, 6) is 2.98. The SMILES string of the molecule is CN=C(NCCOc1ccc2c(c1)OCO2)NCc1cccc(C)c1. The minimum Gasteiger partial charge on any atom is -0.492 e. The van der Waals surface area contributed by atoms with E-state index in [0.29, 0.717) is 13.2 Å². The quantitative estimate of drug-likeness (QED) is 0.480. The Morgan fingerprint density at radius 3 is 2.84 bits per heavy atom. The predicted molar refractivity (Wildman–Crippen MR) is 97.4 cm³/mol. The van der Waals surface area contributed by atoms with Crippen LogP contribution >= 0.6 is 0 Å². The van der Waals surface area contributed by atoms with Gasteiger partial charge in [0.25, 0.3) is 0 Å². The molecule has 0 atom stereocenters. The monoisotopic (exact) mass is 341 g/mol. The number of hydrogen-bond acceptors (Lipinski definition) is 4. The van der Waals surface area contributed by atoms with Crippen molar-refractivity contribution in [2.24, 2.45) is 4.99 Å². The Labute approximate surface area is 147 Å². The molecule has 2 N–H and O–H groups in total. The number of benzene rings is 2. The fraction of sp³-hybridized carbons (Fsp3) is 0.316. The number of rotatable bonds is 6. The van der Waals surface area contributed by atoms with E-state index < -0.39 is 0 Å². The molecule has 0 aromatic heterocycles. The Balaban J connectivity index is 1.40. The average Bonchev–Trinajstić information content (AvgIpc) is 3.09. The fourth-order valence-electron chi connectivity index (χ4n) is 2.53. The molecule has 0 amide bonds. The molecular formula is C19H23N3O3. The van der Waals surface area contributed by atoms with Crippen molar-refractivity contribution in [3.63, 3.8) is 0 Å². The van der Waals surface area contributed by atoms with Gasteiger partial charge in [0, 0.05) is 19.7 Å². The van der Waals surface area contributed by atoms with Gasteiger partial charge in [-0.3, -0.25) is 4.99 Å². The summed E-state index contributed by atoms with van der Waals surface area (Å²) < 4.78 is 16.3. The van der Waals surface area contributed by atoms with Gasteiger partial charge in [0.1, 0.15) is 12.4 Å². The first-order valence-electron chi connectivity index (χ1n) is 8.27. The zero-order valence-corrected chi connectivity index (χ0v) is 14.5. The van der Waals surface area contributed by atoms with Gasteiger partial charge in [-0.15, -0.1) is 0 Å². The van der Waals surface area contributed by atoms with E-state index in [2.05, 4.69) is 46.8 Å². The summed E-state index contributed by atoms with van der Waals surface area (Å²) in [7, 11) is 1.75. The summed E-state index contributed by atoms with van der Waals surface area (Å²) in [5, 5.41) is 6.53. The first-order chi connectivity index (χ1) is 12.2. The summed E-state index contributed by atoms with van der Waals surface area (Å²) in [6.45, 7) is 4.24. The molecule has 25 heavy (non-hydrogen) atoms. The molecule has 132 valence electrons. The second-order valence-corrected chi connectivity index (χ2v) is 5.71. The fourth-order valence-corrected chi connectivity index (χ4v) is 2.53. The summed E-state index contributed by atoms with van der Waals surface area (Å²) in [6.07, 6.45) is 0. The van der Waals surface area contributed by atoms with Gasteiger partial charge in [0.2, 0.25) is 6.79 Å². The van der Waals surface area contributed by atoms with Crippen molar-refractivity contribution in [1.82, 2.24) is 10.6 Å². The van der Waals surface area contributed by atoms with Crippen LogP contribution in [0.2, 0.25) is 0 Å². The molecule has 3 rings (SSSR count). The highest BCUT2D eigenvalue weighted by Gasteiger charge is 2.13. The van der Waals surface area contributed by atoms with E-state index in [-0.39, 0.29) is 6.79 Å². The molecule has 0 saturated carbocycles. The lowest BCUT2D eigenvalue weighted by Crippen LogP contribution is -2.38. The lowest BCUT2D eigenvalue weighted by molar-refractivity contribution is 0.173. The van der Waals surface area contributed by atoms with E-state index >= 15 is 0 Å². The Hall–Kier alpha value is -2.89. The van der Waals surface area contributed by atoms with Crippen molar-refractivity contribution < 1.29 is 14.2 Å². The molecule has 0 aliphatic carbocycles. The van der Waals surface area contributed by atoms with Gasteiger partial charge >= 0.3 is 0 Å². The molecule has 6 heteroatoms. The number of nitrogens with one attached hydrogen (secondary N) is 2. The van der Waals surface area contributed by atoms with Crippen LogP contribution in [0.5, 0.6) is 17.2 Å². The molecule has 0 bridgehead atoms. The van der Waals surface area contributed by atoms with E-state index in [1.54, 1.807) is 7.05 Å². The van der Waals surface area contributed by atoms with Gasteiger partial charge in [-0.2, -0.15) is 0 Å². The zero-order valence-electron chi connectivity index (χ0n) is 14.5. The maximum atomic E-state index is 5.72. The van der Waals surface area contributed by atoms with Crippen LogP contribution in [0.3, 0.4) is 0 Å². The lowest BCUT2D eigenvalue weighted by Gasteiger charge is -2.13. The predicted octanol–water partition coefficient (Wildman–Crippen LogP) is 2.47. The molecule has 1 heterocycles. The average molecular weight is 341 g/mol. The number of ether oxygens (including phenoxy) is 3. The van der Waals surface area contributed by atoms with Gasteiger partial charge in [-0.1, -0.05) is 29.8 Å². The molecule has 0 spiro atoms. The van der Waals surface area contributed by atoms with Crippen LogP contribution in [0.15, 0.2) is 47.5 Å². The first-order valence-corrected chi connectivity index (χ1v) is 8.27. The second-order valence-electron chi connectivity index (χ2n) is 5.71. The van der Waals surface area contributed by atoms with Crippen LogP contribution in [0.1, 0.15) is 11.1 Å². The van der Waals surface area contributed by atoms with Crippen LogP contribution in [-0.2, 0) is 6.54 Å². The third-order valence-electron chi connectivity index (χ3n) is 3.77. The summed E-state index contributed by atoms with van der Waals surface area (Å²) in [4.78, 5) is 4.22. The van der Waals surface area contributed by atoms with Gasteiger partial charge < -0.3 is 24.8 Å². The van der Waals surface area contributed by atoms with Crippen LogP contribution in [0.25, 0.3) is 0 Å². The number of aliphatic imine (C=N–C) groups is 1. The molecule has 0 saturated heterocycles. The maximum Gasteiger partial charge on any atom is 0.231 e. The number of nitrogens with zero attached hydrogens (tertiary/aromatic N) is 1. The molecular weight excluding hydrogens is 318 g/mol. The third-order valence-corrected chi connectivity index (χ3v) is 3.77. The largest absolute Gasteiger partial charge is 0.492 e. The molecule has 2 aromatic rings. The number of aryl methyl sites for hydroxylation is 1. The van der Waals surface area contributed by atoms with E-state index in [0.717, 1.165) is 29.8 Å². The minimum absolute atomic E-state index is 0.267. The van der Waals surface area contributed by atoms with Crippen molar-refractivity contribution in [3.8, 4) is 17.2 Å². The summed E-state index contributed by atoms with van der Waals surface area (Å²) in [5.41, 5.74) is 2.47. The molecule has 0 unspecified atom stereocenters. The highest BCUT2D eigenvalue weighted by Crippen LogP contribution is 2.34. The van der Waals surface area contributed by atoms with Crippen molar-refractivity contribution in [3.05, 3.63) is 53.6 Å². The zero-order chi connectivity index (χ0) is 17.5. The standard InChI is InChI=1S/C19H23N3O3/c1-14-4-3-5-15(10-14)12-22-19(20-2)21-8-9-23-16-6-7-17-18(11-16)25-13-24-17/h3-7,10-11H,8-9,12-13H2,1-2H3,(H2,20,21,22). The Kier molecular flexibility index (Phi) is 5.61. The molecule has 6 nitrogen and oxygen atoms in total. The maximum absolute atomic E-state index is 5.72. The van der Waals surface area contributed by atoms with Crippen LogP contribution in [0.4, 0.5) is 0 Å². The minimum atomic E-state index is 0.267. The number of fused-ring (bicyclic) bond motifs is 1. The van der Waals surface area contributed by atoms with Gasteiger partial charge in [-0.05, 0) is 24.6 Å². The van der Waals surface area contributed by atoms with Crippen molar-refractivity contribution >= 4 is 5.96 Å². The Bertz CT molecular complexity index is 746. The highest BCUT2D eigenvalue weighted by atomic mass is 16.7. The van der Waals surface area contributed by atoms with E-state index in [1.807, 2.05) is 18.2 Å². The third kappa shape index (κ3) is 4.79. The van der Waals surface area contributed by atoms with Crippen molar-refractivity contribution in [2.45, 2.75) is 13.5 Å². The molecule has 0 radical (unpaired) electrons. The summed E-state index contributed by atoms with van der Waals surface area (Å²) >= 11 is 0. The Morgan fingerprint density at radius 1 is 1.12 bits per heavy atom. The van der Waals surface area contributed by atoms with E-state index in [1.165, 1.54) is 11.1 Å². The smallest absolute Gasteiger partial charge is 0.231 e. The van der Waals surface area contributed by atoms with E-state index in [4.69, 9.17) is 14.2 Å². The van der Waals surface area contributed by atoms with Gasteiger partial charge in [-0.25, -0.2) is 0 Å². The van der Waals surface area contributed by atoms with E-state index in [9.17, 15) is 0 Å². The van der Waals surface area contributed by atoms with Crippen molar-refractivity contribution in [2.75, 3.05) is 27.0 Å². The highest BCUT2D eigenvalue weighted by molar-refractivity contribution is 5.79. The Morgan fingerprint density at radius 2 is 2.00 bits per heavy atom. The first kappa shape index (κ1) is 17.0. The van der Waals surface area contributed by atoms with Crippen LogP contribution < -0.4 is 24.8 Å². The molecule has 1 aliphatic rings. The van der Waals surface area contributed by atoms with Gasteiger partial charge in [0.15, 0.2) is 17.5 Å². The lowest BCUT2D eigenvalue weighted by atomic mass is 10.1. The summed E-state index contributed by atoms with van der Waals surface area (Å²) in [6, 6.07) is 14.0. The van der Waals surface area contributed by atoms with Gasteiger partial charge in [0.05, 0.1) is 6.54 Å². The van der Waals surface area contributed by atoms with Crippen molar-refractivity contribution in [1.29, 1.82) is 0 Å². The van der Waals surface area contributed by atoms with Crippen LogP contribution in [0, 0.1) is 6.92 Å². The number of guanidine groups is 1. The van der Waals surface area contributed by atoms with Crippen LogP contribution in [-0.4, -0.2) is 33.0 Å². The topological polar surface area (TPSA) is 64.1 Å². The molecule has 1 aliphatic heterocycles. The molecule has 2 aromatic carbocycles. The second kappa shape index (κ2) is 8.28. The number of hydrogen-bond donors (Lipinski definition) is 2. The molecule has 0 fully saturated rings.